The number of Topliss-reactive ketones (excluding diaryl/α,β-unsaturated/α-hetero) is 1. The van der Waals surface area contributed by atoms with Crippen LogP contribution in [0.15, 0.2) is 12.4 Å². The predicted molar refractivity (Wildman–Crippen MR) is 48.9 cm³/mol. The summed E-state index contributed by atoms with van der Waals surface area (Å²) in [5.74, 6) is -0.113. The molecule has 4 nitrogen and oxygen atoms in total. The lowest BCUT2D eigenvalue weighted by Gasteiger charge is -1.96. The van der Waals surface area contributed by atoms with Gasteiger partial charge in [-0.05, 0) is 6.07 Å². The van der Waals surface area contributed by atoms with Crippen LogP contribution in [0.1, 0.15) is 17.4 Å². The van der Waals surface area contributed by atoms with Crippen LogP contribution in [0, 0.1) is 0 Å². The first-order chi connectivity index (χ1) is 6.18. The Kier molecular flexibility index (Phi) is 1.77. The molecule has 1 N–H and O–H groups in total. The highest BCUT2D eigenvalue weighted by molar-refractivity contribution is 6.33. The van der Waals surface area contributed by atoms with E-state index in [2.05, 4.69) is 15.0 Å². The molecule has 0 aliphatic heterocycles. The zero-order valence-electron chi connectivity index (χ0n) is 6.84. The number of carbonyl (C=O) groups excluding carboxylic acids is 1. The molecule has 0 radical (unpaired) electrons. The molecule has 0 unspecified atom stereocenters. The van der Waals surface area contributed by atoms with Crippen LogP contribution in [0.2, 0.25) is 5.15 Å². The number of hydrogen-bond acceptors (Lipinski definition) is 3. The molecule has 2 heterocycles. The van der Waals surface area contributed by atoms with Gasteiger partial charge >= 0.3 is 0 Å². The van der Waals surface area contributed by atoms with Crippen molar-refractivity contribution in [2.45, 2.75) is 6.92 Å². The number of H-pyrrole nitrogens is 1. The molecule has 2 aromatic rings. The highest BCUT2D eigenvalue weighted by Gasteiger charge is 2.08. The summed E-state index contributed by atoms with van der Waals surface area (Å²) < 4.78 is 0. The SMILES string of the molecule is CC(=O)c1cc2[nH]cnc2c(Cl)n1. The van der Waals surface area contributed by atoms with Crippen molar-refractivity contribution < 1.29 is 4.79 Å². The summed E-state index contributed by atoms with van der Waals surface area (Å²) in [6.07, 6.45) is 1.52. The van der Waals surface area contributed by atoms with E-state index in [-0.39, 0.29) is 10.9 Å². The lowest BCUT2D eigenvalue weighted by Crippen LogP contribution is -1.96. The van der Waals surface area contributed by atoms with Crippen molar-refractivity contribution in [2.24, 2.45) is 0 Å². The average molecular weight is 196 g/mol. The largest absolute Gasteiger partial charge is 0.344 e. The molecule has 0 saturated carbocycles. The average Bonchev–Trinajstić information content (AvgIpc) is 2.51. The third-order valence-electron chi connectivity index (χ3n) is 1.72. The van der Waals surface area contributed by atoms with Crippen molar-refractivity contribution in [1.82, 2.24) is 15.0 Å². The normalized spacial score (nSPS) is 10.6. The second-order valence-electron chi connectivity index (χ2n) is 2.65. The van der Waals surface area contributed by atoms with Gasteiger partial charge in [-0.2, -0.15) is 0 Å². The van der Waals surface area contributed by atoms with E-state index >= 15 is 0 Å². The number of fused-ring (bicyclic) bond motifs is 1. The Morgan fingerprint density at radius 1 is 1.62 bits per heavy atom. The summed E-state index contributed by atoms with van der Waals surface area (Å²) >= 11 is 5.80. The molecule has 2 rings (SSSR count). The number of halogens is 1. The zero-order chi connectivity index (χ0) is 9.42. The molecule has 0 aromatic carbocycles. The van der Waals surface area contributed by atoms with Gasteiger partial charge in [0.15, 0.2) is 10.9 Å². The maximum Gasteiger partial charge on any atom is 0.178 e. The van der Waals surface area contributed by atoms with E-state index < -0.39 is 0 Å². The summed E-state index contributed by atoms with van der Waals surface area (Å²) in [6, 6.07) is 1.64. The summed E-state index contributed by atoms with van der Waals surface area (Å²) in [5.41, 5.74) is 1.67. The van der Waals surface area contributed by atoms with E-state index in [0.717, 1.165) is 5.52 Å². The van der Waals surface area contributed by atoms with Crippen LogP contribution in [-0.2, 0) is 0 Å². The van der Waals surface area contributed by atoms with E-state index in [1.54, 1.807) is 6.07 Å². The number of ketones is 1. The van der Waals surface area contributed by atoms with Crippen molar-refractivity contribution in [3.63, 3.8) is 0 Å². The van der Waals surface area contributed by atoms with E-state index in [9.17, 15) is 4.79 Å². The van der Waals surface area contributed by atoms with E-state index in [4.69, 9.17) is 11.6 Å². The molecule has 0 aliphatic rings. The molecule has 0 fully saturated rings. The van der Waals surface area contributed by atoms with Gasteiger partial charge in [0.2, 0.25) is 0 Å². The minimum atomic E-state index is -0.113. The molecule has 0 amide bonds. The van der Waals surface area contributed by atoms with Crippen LogP contribution in [-0.4, -0.2) is 20.7 Å². The number of pyridine rings is 1. The molecule has 0 bridgehead atoms. The lowest BCUT2D eigenvalue weighted by atomic mass is 10.2. The Hall–Kier alpha value is -1.42. The van der Waals surface area contributed by atoms with Gasteiger partial charge < -0.3 is 4.98 Å². The van der Waals surface area contributed by atoms with E-state index in [1.165, 1.54) is 13.3 Å². The molecule has 0 atom stereocenters. The van der Waals surface area contributed by atoms with Gasteiger partial charge in [0.1, 0.15) is 11.2 Å². The van der Waals surface area contributed by atoms with Gasteiger partial charge in [0, 0.05) is 6.92 Å². The summed E-state index contributed by atoms with van der Waals surface area (Å²) in [4.78, 5) is 21.7. The van der Waals surface area contributed by atoms with E-state index in [0.29, 0.717) is 11.2 Å². The van der Waals surface area contributed by atoms with Crippen molar-refractivity contribution in [2.75, 3.05) is 0 Å². The first-order valence-electron chi connectivity index (χ1n) is 3.69. The predicted octanol–water partition coefficient (Wildman–Crippen LogP) is 1.81. The second-order valence-corrected chi connectivity index (χ2v) is 3.01. The number of hydrogen-bond donors (Lipinski definition) is 1. The highest BCUT2D eigenvalue weighted by atomic mass is 35.5. The molecule has 66 valence electrons. The molecule has 0 aliphatic carbocycles. The summed E-state index contributed by atoms with van der Waals surface area (Å²) in [7, 11) is 0. The molecule has 2 aromatic heterocycles. The van der Waals surface area contributed by atoms with E-state index in [1.807, 2.05) is 0 Å². The van der Waals surface area contributed by atoms with Crippen molar-refractivity contribution >= 4 is 28.4 Å². The first kappa shape index (κ1) is 8.19. The first-order valence-corrected chi connectivity index (χ1v) is 4.07. The molecular weight excluding hydrogens is 190 g/mol. The van der Waals surface area contributed by atoms with Crippen molar-refractivity contribution in [3.05, 3.63) is 23.2 Å². The molecular formula is C8H6ClN3O. The van der Waals surface area contributed by atoms with Crippen LogP contribution < -0.4 is 0 Å². The molecule has 0 spiro atoms. The van der Waals surface area contributed by atoms with Crippen LogP contribution in [0.25, 0.3) is 11.0 Å². The number of nitrogens with zero attached hydrogens (tertiary/aromatic N) is 2. The topological polar surface area (TPSA) is 58.6 Å². The highest BCUT2D eigenvalue weighted by Crippen LogP contribution is 2.18. The quantitative estimate of drug-likeness (QED) is 0.558. The maximum absolute atomic E-state index is 11.0. The summed E-state index contributed by atoms with van der Waals surface area (Å²) in [6.45, 7) is 1.45. The van der Waals surface area contributed by atoms with Gasteiger partial charge in [0.25, 0.3) is 0 Å². The number of aromatic nitrogens is 3. The van der Waals surface area contributed by atoms with Crippen molar-refractivity contribution in [3.8, 4) is 0 Å². The number of imidazole rings is 1. The second kappa shape index (κ2) is 2.81. The zero-order valence-corrected chi connectivity index (χ0v) is 7.59. The Morgan fingerprint density at radius 2 is 2.38 bits per heavy atom. The van der Waals surface area contributed by atoms with Gasteiger partial charge in [-0.15, -0.1) is 0 Å². The van der Waals surface area contributed by atoms with Crippen LogP contribution in [0.4, 0.5) is 0 Å². The number of aromatic amines is 1. The monoisotopic (exact) mass is 195 g/mol. The van der Waals surface area contributed by atoms with Gasteiger partial charge in [0.05, 0.1) is 11.8 Å². The third-order valence-corrected chi connectivity index (χ3v) is 1.99. The fourth-order valence-corrected chi connectivity index (χ4v) is 1.33. The standard InChI is InChI=1S/C8H6ClN3O/c1-4(13)5-2-6-7(8(9)12-5)11-3-10-6/h2-3H,1H3,(H,10,11). The Balaban J connectivity index is 2.77. The van der Waals surface area contributed by atoms with Gasteiger partial charge in [-0.1, -0.05) is 11.6 Å². The molecule has 5 heteroatoms. The minimum absolute atomic E-state index is 0.113. The third kappa shape index (κ3) is 1.29. The lowest BCUT2D eigenvalue weighted by molar-refractivity contribution is 0.101. The van der Waals surface area contributed by atoms with Crippen LogP contribution >= 0.6 is 11.6 Å². The summed E-state index contributed by atoms with van der Waals surface area (Å²) in [5, 5.41) is 0.254. The molecule has 13 heavy (non-hydrogen) atoms. The van der Waals surface area contributed by atoms with Gasteiger partial charge in [-0.3, -0.25) is 4.79 Å². The minimum Gasteiger partial charge on any atom is -0.344 e. The van der Waals surface area contributed by atoms with Gasteiger partial charge in [-0.25, -0.2) is 9.97 Å². The fraction of sp³-hybridized carbons (Fsp3) is 0.125. The Bertz CT molecular complexity index is 477. The van der Waals surface area contributed by atoms with Crippen LogP contribution in [0.5, 0.6) is 0 Å². The number of carbonyl (C=O) groups is 1. The smallest absolute Gasteiger partial charge is 0.178 e. The number of nitrogens with one attached hydrogen (secondary N) is 1. The number of rotatable bonds is 1. The Morgan fingerprint density at radius 3 is 3.08 bits per heavy atom. The molecule has 0 saturated heterocycles. The maximum atomic E-state index is 11.0. The fourth-order valence-electron chi connectivity index (χ4n) is 1.09. The van der Waals surface area contributed by atoms with Crippen molar-refractivity contribution in [1.29, 1.82) is 0 Å². The van der Waals surface area contributed by atoms with Crippen LogP contribution in [0.3, 0.4) is 0 Å². The Labute approximate surface area is 79.0 Å².